The van der Waals surface area contributed by atoms with E-state index in [1.165, 1.54) is 73.3 Å². The summed E-state index contributed by atoms with van der Waals surface area (Å²) in [6, 6.07) is 0. The van der Waals surface area contributed by atoms with Crippen LogP contribution in [0.4, 0.5) is 0 Å². The Bertz CT molecular complexity index is 326. The monoisotopic (exact) mass is 404 g/mol. The molecule has 2 saturated carbocycles. The Morgan fingerprint density at radius 1 is 1.24 bits per heavy atom. The van der Waals surface area contributed by atoms with Crippen LogP contribution < -0.4 is 0 Å². The van der Waals surface area contributed by atoms with Gasteiger partial charge in [-0.2, -0.15) is 0 Å². The first-order valence-electron chi connectivity index (χ1n) is 8.83. The predicted molar refractivity (Wildman–Crippen MR) is 92.8 cm³/mol. The van der Waals surface area contributed by atoms with E-state index in [1.807, 2.05) is 0 Å². The second-order valence-electron chi connectivity index (χ2n) is 7.97. The van der Waals surface area contributed by atoms with Crippen molar-refractivity contribution in [2.24, 2.45) is 29.1 Å². The summed E-state index contributed by atoms with van der Waals surface area (Å²) in [4.78, 5) is 0. The van der Waals surface area contributed by atoms with Gasteiger partial charge in [-0.15, -0.1) is 0 Å². The van der Waals surface area contributed by atoms with E-state index in [1.54, 1.807) is 0 Å². The van der Waals surface area contributed by atoms with Crippen LogP contribution in [-0.4, -0.2) is 0 Å². The fourth-order valence-electron chi connectivity index (χ4n) is 5.06. The summed E-state index contributed by atoms with van der Waals surface area (Å²) in [5.74, 6) is 3.40. The van der Waals surface area contributed by atoms with Crippen LogP contribution in [0.15, 0.2) is 5.57 Å². The van der Waals surface area contributed by atoms with E-state index in [2.05, 4.69) is 41.3 Å². The number of rotatable bonds is 5. The second kappa shape index (κ2) is 9.22. The van der Waals surface area contributed by atoms with Gasteiger partial charge in [0.15, 0.2) is 0 Å². The predicted octanol–water partition coefficient (Wildman–Crippen LogP) is 6.87. The normalized spacial score (nSPS) is 33.4. The van der Waals surface area contributed by atoms with Crippen LogP contribution in [0.25, 0.3) is 0 Å². The van der Waals surface area contributed by atoms with Crippen molar-refractivity contribution in [3.63, 3.8) is 0 Å². The molecule has 2 heteroatoms. The van der Waals surface area contributed by atoms with Crippen molar-refractivity contribution in [1.82, 2.24) is 0 Å². The molecule has 118 valence electrons. The molecule has 0 N–H and O–H groups in total. The van der Waals surface area contributed by atoms with Crippen LogP contribution in [0, 0.1) is 35.7 Å². The van der Waals surface area contributed by atoms with Crippen LogP contribution in [0.3, 0.4) is 0 Å². The Morgan fingerprint density at radius 3 is 2.52 bits per heavy atom. The van der Waals surface area contributed by atoms with Gasteiger partial charge in [0.2, 0.25) is 0 Å². The average Bonchev–Trinajstić information content (AvgIpc) is 2.79. The third-order valence-corrected chi connectivity index (χ3v) is 6.17. The molecule has 21 heavy (non-hydrogen) atoms. The second-order valence-corrected chi connectivity index (χ2v) is 7.97. The summed E-state index contributed by atoms with van der Waals surface area (Å²) in [5, 5.41) is 0. The van der Waals surface area contributed by atoms with Gasteiger partial charge in [0.1, 0.15) is 0 Å². The molecule has 0 saturated heterocycles. The topological polar surface area (TPSA) is 0 Å². The van der Waals surface area contributed by atoms with Gasteiger partial charge in [-0.1, -0.05) is 59.8 Å². The molecule has 0 amide bonds. The molecule has 0 aromatic carbocycles. The van der Waals surface area contributed by atoms with E-state index < -0.39 is 0 Å². The van der Waals surface area contributed by atoms with Gasteiger partial charge in [-0.3, -0.25) is 5.57 Å². The molecule has 0 unspecified atom stereocenters. The summed E-state index contributed by atoms with van der Waals surface area (Å²) >= 11 is 4.25. The zero-order valence-electron chi connectivity index (χ0n) is 14.6. The van der Waals surface area contributed by atoms with Gasteiger partial charge >= 0.3 is 30.0 Å². The number of fused-ring (bicyclic) bond motifs is 1. The number of halogens is 1. The van der Waals surface area contributed by atoms with Crippen molar-refractivity contribution in [1.29, 1.82) is 0 Å². The minimum absolute atomic E-state index is 0.527. The molecule has 0 radical (unpaired) electrons. The summed E-state index contributed by atoms with van der Waals surface area (Å²) in [6.45, 7) is 16.1. The first kappa shape index (κ1) is 19.9. The Balaban J connectivity index is 0.00000106. The minimum atomic E-state index is 0.527. The molecule has 2 rings (SSSR count). The summed E-state index contributed by atoms with van der Waals surface area (Å²) in [5.41, 5.74) is 1.85. The van der Waals surface area contributed by atoms with Crippen LogP contribution in [0.1, 0.15) is 79.1 Å². The zero-order chi connectivity index (χ0) is 16.0. The van der Waals surface area contributed by atoms with Gasteiger partial charge in [0, 0.05) is 0 Å². The molecule has 0 nitrogen and oxygen atoms in total. The molecule has 2 aliphatic rings. The van der Waals surface area contributed by atoms with Crippen LogP contribution in [0.2, 0.25) is 0 Å². The maximum atomic E-state index is 6.32. The maximum absolute atomic E-state index is 6.32. The molecule has 0 aromatic heterocycles. The van der Waals surface area contributed by atoms with Gasteiger partial charge in [-0.05, 0) is 48.3 Å². The van der Waals surface area contributed by atoms with E-state index >= 15 is 0 Å². The molecule has 0 aliphatic heterocycles. The Morgan fingerprint density at radius 2 is 1.90 bits per heavy atom. The molecular formula is C19H33BrZn. The molecular weight excluding hydrogens is 374 g/mol. The SMILES string of the molecule is [CH-]=C1CCC[C@]2(C)[C@@H]([C@H](C)CCCC(C)C)CC[C@@H]12.[Zn+][Br]. The zero-order valence-corrected chi connectivity index (χ0v) is 19.2. The first-order chi connectivity index (χ1) is 9.95. The molecule has 0 heterocycles. The average molecular weight is 407 g/mol. The molecule has 4 atom stereocenters. The first-order valence-corrected chi connectivity index (χ1v) is 15.8. The van der Waals surface area contributed by atoms with E-state index in [0.717, 1.165) is 23.7 Å². The van der Waals surface area contributed by atoms with Crippen molar-refractivity contribution in [3.05, 3.63) is 12.2 Å². The number of hydrogen-bond donors (Lipinski definition) is 0. The van der Waals surface area contributed by atoms with Gasteiger partial charge in [0.25, 0.3) is 0 Å². The molecule has 2 aliphatic carbocycles. The molecule has 2 fully saturated rings. The van der Waals surface area contributed by atoms with Crippen LogP contribution in [-0.2, 0) is 16.3 Å². The van der Waals surface area contributed by atoms with E-state index in [-0.39, 0.29) is 0 Å². The summed E-state index contributed by atoms with van der Waals surface area (Å²) in [7, 11) is 0. The Kier molecular flexibility index (Phi) is 8.73. The van der Waals surface area contributed by atoms with Crippen molar-refractivity contribution < 1.29 is 16.3 Å². The van der Waals surface area contributed by atoms with Gasteiger partial charge in [0.05, 0.1) is 0 Å². The quantitative estimate of drug-likeness (QED) is 0.345. The van der Waals surface area contributed by atoms with Crippen molar-refractivity contribution in [3.8, 4) is 0 Å². The van der Waals surface area contributed by atoms with Gasteiger partial charge < -0.3 is 6.58 Å². The number of hydrogen-bond acceptors (Lipinski definition) is 0. The van der Waals surface area contributed by atoms with Crippen molar-refractivity contribution in [2.45, 2.75) is 79.1 Å². The van der Waals surface area contributed by atoms with E-state index in [9.17, 15) is 0 Å². The number of allylic oxidation sites excluding steroid dienone is 1. The van der Waals surface area contributed by atoms with E-state index in [4.69, 9.17) is 6.58 Å². The van der Waals surface area contributed by atoms with Crippen LogP contribution >= 0.6 is 13.6 Å². The molecule has 0 bridgehead atoms. The third-order valence-electron chi connectivity index (χ3n) is 6.17. The fourth-order valence-corrected chi connectivity index (χ4v) is 5.06. The fraction of sp³-hybridized carbons (Fsp3) is 0.895. The molecule has 0 aromatic rings. The Hall–Kier alpha value is 0.843. The summed E-state index contributed by atoms with van der Waals surface area (Å²) in [6.07, 6.45) is 10.9. The van der Waals surface area contributed by atoms with Gasteiger partial charge in [-0.25, -0.2) is 0 Å². The Labute approximate surface area is 150 Å². The van der Waals surface area contributed by atoms with Crippen LogP contribution in [0.5, 0.6) is 0 Å². The standard InChI is InChI=1S/C19H33.BrH.Zn/c1-14(2)8-6-9-15(3)17-11-12-18-16(4)10-7-13-19(17,18)5;;/h4,14-15,17-18H,6-13H2,1-3,5H3;1H;/q-1;;+2/p-1/t15-,17-,18+,19-;;/m1../s1. The van der Waals surface area contributed by atoms with Crippen molar-refractivity contribution >= 4 is 13.6 Å². The summed E-state index contributed by atoms with van der Waals surface area (Å²) < 4.78 is 0. The molecule has 0 spiro atoms. The van der Waals surface area contributed by atoms with E-state index in [0.29, 0.717) is 5.41 Å². The van der Waals surface area contributed by atoms with Crippen molar-refractivity contribution in [2.75, 3.05) is 0 Å². The third kappa shape index (κ3) is 4.91.